The van der Waals surface area contributed by atoms with E-state index in [1.165, 1.54) is 0 Å². The molecule has 0 atom stereocenters. The minimum absolute atomic E-state index is 0.458. The number of ether oxygens (including phenoxy) is 6. The van der Waals surface area contributed by atoms with Crippen LogP contribution in [0, 0.1) is 0 Å². The fourth-order valence-corrected chi connectivity index (χ4v) is 13.4. The lowest BCUT2D eigenvalue weighted by Crippen LogP contribution is -2.47. The zero-order valence-corrected chi connectivity index (χ0v) is 27.0. The number of nitrogens with zero attached hydrogens (tertiary/aromatic N) is 2. The largest absolute Gasteiger partial charge is 0.455 e. The second-order valence-electron chi connectivity index (χ2n) is 9.94. The second-order valence-corrected chi connectivity index (χ2v) is 20.1. The lowest BCUT2D eigenvalue weighted by atomic mass is 10.4. The minimum atomic E-state index is -1.80. The van der Waals surface area contributed by atoms with E-state index >= 15 is 0 Å². The average Bonchev–Trinajstić information content (AvgIpc) is 2.87. The molecular formula is C25H51N3O7SSi2. The highest BCUT2D eigenvalue weighted by Gasteiger charge is 2.32. The Balaban J connectivity index is 1.97. The molecule has 38 heavy (non-hydrogen) atoms. The molecule has 0 aromatic carbocycles. The summed E-state index contributed by atoms with van der Waals surface area (Å²) < 4.78 is 39.4. The van der Waals surface area contributed by atoms with Crippen LogP contribution in [0.1, 0.15) is 18.9 Å². The van der Waals surface area contributed by atoms with E-state index in [1.807, 2.05) is 12.4 Å². The van der Waals surface area contributed by atoms with Crippen LogP contribution in [0.15, 0.2) is 17.6 Å². The Morgan fingerprint density at radius 2 is 1.13 bits per heavy atom. The Labute approximate surface area is 236 Å². The van der Waals surface area contributed by atoms with Crippen LogP contribution in [0.25, 0.3) is 0 Å². The summed E-state index contributed by atoms with van der Waals surface area (Å²) in [5.41, 5.74) is 6.68. The summed E-state index contributed by atoms with van der Waals surface area (Å²) in [6.07, 6.45) is 4.67. The van der Waals surface area contributed by atoms with E-state index in [4.69, 9.17) is 38.3 Å². The summed E-state index contributed by atoms with van der Waals surface area (Å²) in [4.78, 5) is 8.95. The number of aromatic nitrogens is 2. The van der Waals surface area contributed by atoms with Gasteiger partial charge in [0.2, 0.25) is 0 Å². The zero-order chi connectivity index (χ0) is 28.0. The van der Waals surface area contributed by atoms with Crippen molar-refractivity contribution in [1.82, 2.24) is 9.97 Å². The summed E-state index contributed by atoms with van der Waals surface area (Å²) in [6.45, 7) is 18.5. The first-order valence-corrected chi connectivity index (χ1v) is 20.8. The molecule has 0 fully saturated rings. The molecule has 222 valence electrons. The predicted octanol–water partition coefficient (Wildman–Crippen LogP) is 3.50. The Bertz CT molecular complexity index is 691. The molecule has 0 spiro atoms. The van der Waals surface area contributed by atoms with Crippen LogP contribution >= 0.6 is 11.8 Å². The van der Waals surface area contributed by atoms with Gasteiger partial charge in [-0.05, 0) is 45.2 Å². The van der Waals surface area contributed by atoms with E-state index in [1.54, 1.807) is 11.8 Å². The van der Waals surface area contributed by atoms with Crippen molar-refractivity contribution in [2.24, 2.45) is 5.73 Å². The third-order valence-corrected chi connectivity index (χ3v) is 14.7. The normalized spacial score (nSPS) is 12.4. The first kappa shape index (κ1) is 35.6. The van der Waals surface area contributed by atoms with Crippen LogP contribution in [-0.4, -0.2) is 111 Å². The van der Waals surface area contributed by atoms with Crippen LogP contribution in [0.3, 0.4) is 0 Å². The summed E-state index contributed by atoms with van der Waals surface area (Å²) >= 11 is 1.66. The zero-order valence-electron chi connectivity index (χ0n) is 24.2. The Hall–Kier alpha value is -0.456. The van der Waals surface area contributed by atoms with Crippen molar-refractivity contribution in [3.8, 4) is 0 Å². The number of hydrogen-bond acceptors (Lipinski definition) is 11. The first-order valence-electron chi connectivity index (χ1n) is 13.6. The van der Waals surface area contributed by atoms with Crippen molar-refractivity contribution in [3.63, 3.8) is 0 Å². The molecule has 0 bridgehead atoms. The monoisotopic (exact) mass is 593 g/mol. The molecule has 10 nitrogen and oxygen atoms in total. The van der Waals surface area contributed by atoms with Gasteiger partial charge in [-0.25, -0.2) is 9.97 Å². The van der Waals surface area contributed by atoms with E-state index in [-0.39, 0.29) is 0 Å². The molecule has 1 aromatic rings. The molecule has 0 aliphatic rings. The van der Waals surface area contributed by atoms with Crippen LogP contribution in [-0.2, 0) is 39.1 Å². The third kappa shape index (κ3) is 20.4. The van der Waals surface area contributed by atoms with Gasteiger partial charge >= 0.3 is 0 Å². The van der Waals surface area contributed by atoms with Crippen molar-refractivity contribution in [2.75, 3.05) is 84.6 Å². The molecule has 0 unspecified atom stereocenters. The van der Waals surface area contributed by atoms with Crippen LogP contribution < -0.4 is 5.73 Å². The molecule has 0 saturated heterocycles. The van der Waals surface area contributed by atoms with Gasteiger partial charge < -0.3 is 38.3 Å². The topological polar surface area (TPSA) is 116 Å². The summed E-state index contributed by atoms with van der Waals surface area (Å²) in [6, 6.07) is 0.987. The van der Waals surface area contributed by atoms with Crippen LogP contribution in [0.5, 0.6) is 0 Å². The lowest BCUT2D eigenvalue weighted by molar-refractivity contribution is -0.0176. The van der Waals surface area contributed by atoms with Gasteiger partial charge in [-0.15, -0.1) is 0 Å². The lowest BCUT2D eigenvalue weighted by Gasteiger charge is -2.33. The van der Waals surface area contributed by atoms with E-state index in [0.717, 1.165) is 35.2 Å². The van der Waals surface area contributed by atoms with E-state index in [9.17, 15) is 0 Å². The number of rotatable bonds is 26. The molecule has 0 aliphatic heterocycles. The SMILES string of the molecule is CCCOCCOCCOCCOCCOCCOCc1cnc(SC[Si](C)(C)O[Si](C)(C)CCN)nc1. The van der Waals surface area contributed by atoms with Gasteiger partial charge in [0.15, 0.2) is 21.8 Å². The molecule has 1 aromatic heterocycles. The maximum absolute atomic E-state index is 6.53. The van der Waals surface area contributed by atoms with Crippen molar-refractivity contribution in [1.29, 1.82) is 0 Å². The van der Waals surface area contributed by atoms with E-state index in [0.29, 0.717) is 79.2 Å². The standard InChI is InChI=1S/C25H51N3O7SSi2/c1-6-8-29-9-10-30-11-12-31-13-14-32-15-16-33-17-18-34-22-24-20-27-25(28-21-24)36-23-38(4,5)35-37(2,3)19-7-26/h20-21H,6-19,22-23,26H2,1-5H3. The van der Waals surface area contributed by atoms with Gasteiger partial charge in [-0.2, -0.15) is 0 Å². The molecule has 0 amide bonds. The Kier molecular flexibility index (Phi) is 20.8. The molecule has 13 heteroatoms. The molecule has 0 radical (unpaired) electrons. The maximum Gasteiger partial charge on any atom is 0.187 e. The number of thioether (sulfide) groups is 1. The first-order chi connectivity index (χ1) is 18.3. The molecule has 0 aliphatic carbocycles. The molecule has 2 N–H and O–H groups in total. The van der Waals surface area contributed by atoms with Crippen molar-refractivity contribution < 1.29 is 32.5 Å². The maximum atomic E-state index is 6.53. The summed E-state index contributed by atoms with van der Waals surface area (Å²) in [5, 5.41) is 1.69. The van der Waals surface area contributed by atoms with Gasteiger partial charge in [0.05, 0.1) is 72.7 Å². The van der Waals surface area contributed by atoms with Crippen LogP contribution in [0.2, 0.25) is 32.2 Å². The van der Waals surface area contributed by atoms with Gasteiger partial charge in [-0.3, -0.25) is 0 Å². The fourth-order valence-electron chi connectivity index (χ4n) is 3.34. The molecule has 1 rings (SSSR count). The predicted molar refractivity (Wildman–Crippen MR) is 157 cm³/mol. The van der Waals surface area contributed by atoms with Crippen molar-refractivity contribution >= 4 is 28.4 Å². The quantitative estimate of drug-likeness (QED) is 0.0736. The van der Waals surface area contributed by atoms with Gasteiger partial charge in [0.25, 0.3) is 0 Å². The third-order valence-electron chi connectivity index (χ3n) is 5.01. The molecular weight excluding hydrogens is 543 g/mol. The number of hydrogen-bond donors (Lipinski definition) is 1. The highest BCUT2D eigenvalue weighted by molar-refractivity contribution is 8.00. The minimum Gasteiger partial charge on any atom is -0.455 e. The van der Waals surface area contributed by atoms with Crippen molar-refractivity contribution in [2.45, 2.75) is 57.3 Å². The highest BCUT2D eigenvalue weighted by atomic mass is 32.2. The van der Waals surface area contributed by atoms with Crippen molar-refractivity contribution in [3.05, 3.63) is 18.0 Å². The van der Waals surface area contributed by atoms with Gasteiger partial charge in [-0.1, -0.05) is 18.7 Å². The van der Waals surface area contributed by atoms with Gasteiger partial charge in [0, 0.05) is 29.9 Å². The fraction of sp³-hybridized carbons (Fsp3) is 0.840. The van der Waals surface area contributed by atoms with E-state index in [2.05, 4.69) is 43.1 Å². The van der Waals surface area contributed by atoms with Gasteiger partial charge in [0.1, 0.15) is 0 Å². The van der Waals surface area contributed by atoms with E-state index < -0.39 is 16.6 Å². The molecule has 1 heterocycles. The number of nitrogens with two attached hydrogens (primary N) is 1. The average molecular weight is 594 g/mol. The summed E-state index contributed by atoms with van der Waals surface area (Å²) in [5.74, 6) is 0. The van der Waals surface area contributed by atoms with Crippen LogP contribution in [0.4, 0.5) is 0 Å². The molecule has 0 saturated carbocycles. The Morgan fingerprint density at radius 3 is 1.58 bits per heavy atom. The summed E-state index contributed by atoms with van der Waals surface area (Å²) in [7, 11) is -3.50. The smallest absolute Gasteiger partial charge is 0.187 e. The Morgan fingerprint density at radius 1 is 0.684 bits per heavy atom. The highest BCUT2D eigenvalue weighted by Crippen LogP contribution is 2.24. The second kappa shape index (κ2) is 22.3.